The average molecular weight is 338 g/mol. The smallest absolute Gasteiger partial charge is 0.188 e. The number of hydrogen-bond donors (Lipinski definition) is 0. The van der Waals surface area contributed by atoms with Crippen molar-refractivity contribution in [2.45, 2.75) is 32.1 Å². The zero-order valence-corrected chi connectivity index (χ0v) is 15.0. The first-order valence-corrected chi connectivity index (χ1v) is 8.62. The first-order chi connectivity index (χ1) is 12.3. The molecule has 0 atom stereocenters. The molecule has 1 aromatic carbocycles. The standard InChI is InChI=1S/C21H26N2O2/c1-24-20(22-18-12-6-3-4-7-13-18)16-10-11-17-21(25-2)23-19-14-8-5-9-15-19/h3-9,12,14-15H,10-11,13,16-17H2,1-2H3. The SMILES string of the molecule is COC(CCCCC(=Nc1ccccc1)OC)=NC1=CC=CC=CC1. The van der Waals surface area contributed by atoms with E-state index in [-0.39, 0.29) is 0 Å². The Labute approximate surface area is 150 Å². The molecule has 1 aromatic rings. The van der Waals surface area contributed by atoms with Crippen molar-refractivity contribution in [3.05, 3.63) is 66.4 Å². The van der Waals surface area contributed by atoms with Gasteiger partial charge in [-0.3, -0.25) is 0 Å². The van der Waals surface area contributed by atoms with E-state index in [1.165, 1.54) is 0 Å². The quantitative estimate of drug-likeness (QED) is 0.381. The zero-order valence-electron chi connectivity index (χ0n) is 15.0. The lowest BCUT2D eigenvalue weighted by Crippen LogP contribution is -2.04. The number of unbranched alkanes of at least 4 members (excludes halogenated alkanes) is 1. The van der Waals surface area contributed by atoms with Gasteiger partial charge in [0.05, 0.1) is 19.9 Å². The molecule has 0 fully saturated rings. The number of hydrogen-bond acceptors (Lipinski definition) is 4. The summed E-state index contributed by atoms with van der Waals surface area (Å²) in [5.74, 6) is 1.53. The fourth-order valence-electron chi connectivity index (χ4n) is 2.42. The van der Waals surface area contributed by atoms with E-state index in [1.54, 1.807) is 14.2 Å². The van der Waals surface area contributed by atoms with Crippen molar-refractivity contribution in [1.82, 2.24) is 0 Å². The molecular formula is C21H26N2O2. The number of rotatable bonds is 7. The number of aliphatic imine (C=N–C) groups is 2. The minimum absolute atomic E-state index is 0.754. The van der Waals surface area contributed by atoms with E-state index in [9.17, 15) is 0 Å². The Bertz CT molecular complexity index is 670. The molecule has 1 aliphatic carbocycles. The molecule has 2 rings (SSSR count). The minimum atomic E-state index is 0.754. The van der Waals surface area contributed by atoms with Crippen molar-refractivity contribution in [3.8, 4) is 0 Å². The maximum absolute atomic E-state index is 5.42. The van der Waals surface area contributed by atoms with Crippen molar-refractivity contribution >= 4 is 17.5 Å². The van der Waals surface area contributed by atoms with Gasteiger partial charge in [0.1, 0.15) is 0 Å². The molecule has 0 N–H and O–H groups in total. The Kier molecular flexibility index (Phi) is 8.25. The zero-order chi connectivity index (χ0) is 17.7. The van der Waals surface area contributed by atoms with E-state index in [0.29, 0.717) is 0 Å². The van der Waals surface area contributed by atoms with Gasteiger partial charge in [-0.05, 0) is 31.1 Å². The highest BCUT2D eigenvalue weighted by atomic mass is 16.5. The lowest BCUT2D eigenvalue weighted by molar-refractivity contribution is 0.380. The van der Waals surface area contributed by atoms with Crippen LogP contribution in [0.4, 0.5) is 5.69 Å². The highest BCUT2D eigenvalue weighted by Crippen LogP contribution is 2.14. The van der Waals surface area contributed by atoms with Crippen molar-refractivity contribution in [2.75, 3.05) is 14.2 Å². The van der Waals surface area contributed by atoms with Crippen LogP contribution in [-0.2, 0) is 9.47 Å². The third kappa shape index (κ3) is 7.21. The molecule has 4 nitrogen and oxygen atoms in total. The van der Waals surface area contributed by atoms with Crippen molar-refractivity contribution in [2.24, 2.45) is 9.98 Å². The summed E-state index contributed by atoms with van der Waals surface area (Å²) < 4.78 is 10.8. The summed E-state index contributed by atoms with van der Waals surface area (Å²) in [7, 11) is 3.35. The number of para-hydroxylation sites is 1. The van der Waals surface area contributed by atoms with Crippen LogP contribution in [0.25, 0.3) is 0 Å². The number of nitrogens with zero attached hydrogens (tertiary/aromatic N) is 2. The summed E-state index contributed by atoms with van der Waals surface area (Å²) in [4.78, 5) is 9.14. The Balaban J connectivity index is 1.82. The number of benzene rings is 1. The number of methoxy groups -OCH3 is 2. The van der Waals surface area contributed by atoms with Crippen molar-refractivity contribution in [1.29, 1.82) is 0 Å². The van der Waals surface area contributed by atoms with E-state index in [0.717, 1.165) is 55.3 Å². The lowest BCUT2D eigenvalue weighted by atomic mass is 10.2. The van der Waals surface area contributed by atoms with Gasteiger partial charge in [-0.2, -0.15) is 0 Å². The summed E-state index contributed by atoms with van der Waals surface area (Å²) in [5.41, 5.74) is 1.94. The third-order valence-corrected chi connectivity index (χ3v) is 3.75. The second-order valence-corrected chi connectivity index (χ2v) is 5.64. The second-order valence-electron chi connectivity index (χ2n) is 5.64. The van der Waals surface area contributed by atoms with Crippen LogP contribution >= 0.6 is 0 Å². The van der Waals surface area contributed by atoms with Gasteiger partial charge in [0.15, 0.2) is 11.8 Å². The van der Waals surface area contributed by atoms with E-state index in [2.05, 4.69) is 16.1 Å². The minimum Gasteiger partial charge on any atom is -0.484 e. The topological polar surface area (TPSA) is 43.2 Å². The molecule has 0 spiro atoms. The van der Waals surface area contributed by atoms with Crippen LogP contribution in [0.5, 0.6) is 0 Å². The normalized spacial score (nSPS) is 14.9. The lowest BCUT2D eigenvalue weighted by Gasteiger charge is -2.07. The van der Waals surface area contributed by atoms with Gasteiger partial charge in [-0.25, -0.2) is 9.98 Å². The molecule has 0 bridgehead atoms. The largest absolute Gasteiger partial charge is 0.484 e. The molecule has 0 aromatic heterocycles. The Morgan fingerprint density at radius 3 is 2.24 bits per heavy atom. The fourth-order valence-corrected chi connectivity index (χ4v) is 2.42. The van der Waals surface area contributed by atoms with Crippen molar-refractivity contribution in [3.63, 3.8) is 0 Å². The molecule has 0 saturated carbocycles. The first-order valence-electron chi connectivity index (χ1n) is 8.62. The van der Waals surface area contributed by atoms with Gasteiger partial charge < -0.3 is 9.47 Å². The van der Waals surface area contributed by atoms with E-state index in [4.69, 9.17) is 9.47 Å². The van der Waals surface area contributed by atoms with Gasteiger partial charge in [0, 0.05) is 25.0 Å². The molecule has 0 saturated heterocycles. The summed E-state index contributed by atoms with van der Waals surface area (Å²) in [6.07, 6.45) is 14.5. The first kappa shape index (κ1) is 18.7. The van der Waals surface area contributed by atoms with Gasteiger partial charge in [0.25, 0.3) is 0 Å². The van der Waals surface area contributed by atoms with Gasteiger partial charge in [0.2, 0.25) is 0 Å². The average Bonchev–Trinajstić information content (AvgIpc) is 2.92. The van der Waals surface area contributed by atoms with Gasteiger partial charge in [-0.15, -0.1) is 0 Å². The molecule has 0 amide bonds. The maximum Gasteiger partial charge on any atom is 0.188 e. The van der Waals surface area contributed by atoms with Crippen LogP contribution in [-0.4, -0.2) is 26.0 Å². The molecule has 0 unspecified atom stereocenters. The molecule has 0 radical (unpaired) electrons. The van der Waals surface area contributed by atoms with E-state index in [1.807, 2.05) is 54.6 Å². The predicted molar refractivity (Wildman–Crippen MR) is 104 cm³/mol. The summed E-state index contributed by atoms with van der Waals surface area (Å²) in [6.45, 7) is 0. The monoisotopic (exact) mass is 338 g/mol. The van der Waals surface area contributed by atoms with E-state index >= 15 is 0 Å². The Morgan fingerprint density at radius 2 is 1.56 bits per heavy atom. The maximum atomic E-state index is 5.42. The molecule has 4 heteroatoms. The Morgan fingerprint density at radius 1 is 0.880 bits per heavy atom. The summed E-state index contributed by atoms with van der Waals surface area (Å²) in [5, 5.41) is 0. The summed E-state index contributed by atoms with van der Waals surface area (Å²) in [6, 6.07) is 9.86. The van der Waals surface area contributed by atoms with Crippen molar-refractivity contribution < 1.29 is 9.47 Å². The van der Waals surface area contributed by atoms with Gasteiger partial charge >= 0.3 is 0 Å². The van der Waals surface area contributed by atoms with Crippen LogP contribution < -0.4 is 0 Å². The highest BCUT2D eigenvalue weighted by molar-refractivity contribution is 5.79. The molecule has 0 heterocycles. The number of ether oxygens (including phenoxy) is 2. The van der Waals surface area contributed by atoms with Crippen LogP contribution in [0.1, 0.15) is 32.1 Å². The molecule has 132 valence electrons. The molecular weight excluding hydrogens is 312 g/mol. The molecule has 25 heavy (non-hydrogen) atoms. The summed E-state index contributed by atoms with van der Waals surface area (Å²) >= 11 is 0. The van der Waals surface area contributed by atoms with Crippen LogP contribution in [0, 0.1) is 0 Å². The third-order valence-electron chi connectivity index (χ3n) is 3.75. The fraction of sp³-hybridized carbons (Fsp3) is 0.333. The molecule has 0 aliphatic heterocycles. The number of allylic oxidation sites excluding steroid dienone is 5. The second kappa shape index (κ2) is 11.0. The van der Waals surface area contributed by atoms with Crippen LogP contribution in [0.2, 0.25) is 0 Å². The van der Waals surface area contributed by atoms with Gasteiger partial charge in [-0.1, -0.05) is 42.5 Å². The predicted octanol–water partition coefficient (Wildman–Crippen LogP) is 5.37. The van der Waals surface area contributed by atoms with E-state index < -0.39 is 0 Å². The van der Waals surface area contributed by atoms with Crippen LogP contribution in [0.3, 0.4) is 0 Å². The molecule has 1 aliphatic rings. The van der Waals surface area contributed by atoms with Crippen LogP contribution in [0.15, 0.2) is 76.4 Å². The Hall–Kier alpha value is -2.62. The highest BCUT2D eigenvalue weighted by Gasteiger charge is 2.04.